The maximum Gasteiger partial charge on any atom is 0.410 e. The number of amides is 1. The lowest BCUT2D eigenvalue weighted by atomic mass is 9.92. The number of piperidine rings is 1. The first-order valence-electron chi connectivity index (χ1n) is 9.66. The summed E-state index contributed by atoms with van der Waals surface area (Å²) in [5, 5.41) is 0. The summed E-state index contributed by atoms with van der Waals surface area (Å²) in [6.07, 6.45) is 2.82. The number of methoxy groups -OCH3 is 1. The first kappa shape index (κ1) is 19.4. The van der Waals surface area contributed by atoms with Gasteiger partial charge >= 0.3 is 6.09 Å². The van der Waals surface area contributed by atoms with Crippen LogP contribution in [0, 0.1) is 0 Å². The van der Waals surface area contributed by atoms with Crippen molar-refractivity contribution in [1.29, 1.82) is 0 Å². The van der Waals surface area contributed by atoms with Gasteiger partial charge in [-0.25, -0.2) is 4.79 Å². The number of fused-ring (bicyclic) bond motifs is 3. The Bertz CT molecular complexity index is 877. The summed E-state index contributed by atoms with van der Waals surface area (Å²) in [5.74, 6) is 0.657. The highest BCUT2D eigenvalue weighted by Gasteiger charge is 2.43. The molecule has 0 aliphatic carbocycles. The van der Waals surface area contributed by atoms with E-state index in [1.165, 1.54) is 0 Å². The fourth-order valence-corrected chi connectivity index (χ4v) is 4.51. The van der Waals surface area contributed by atoms with Gasteiger partial charge in [-0.05, 0) is 68.1 Å². The highest BCUT2D eigenvalue weighted by atomic mass is 79.9. The van der Waals surface area contributed by atoms with Crippen LogP contribution in [0.5, 0.6) is 5.75 Å². The fraction of sp³-hybridized carbons (Fsp3) is 0.600. The molecule has 2 fully saturated rings. The number of ether oxygens (including phenoxy) is 2. The average molecular weight is 452 g/mol. The lowest BCUT2D eigenvalue weighted by Gasteiger charge is -2.49. The van der Waals surface area contributed by atoms with Crippen LogP contribution in [0.15, 0.2) is 21.0 Å². The quantitative estimate of drug-likeness (QED) is 0.665. The molecule has 0 N–H and O–H groups in total. The van der Waals surface area contributed by atoms with Crippen LogP contribution in [0.25, 0.3) is 11.1 Å². The molecule has 1 amide bonds. The Balaban J connectivity index is 1.60. The van der Waals surface area contributed by atoms with E-state index in [1.807, 2.05) is 37.8 Å². The number of carbonyl (C=O) groups is 1. The molecule has 0 saturated carbocycles. The van der Waals surface area contributed by atoms with Gasteiger partial charge in [-0.1, -0.05) is 0 Å². The monoisotopic (exact) mass is 451 g/mol. The number of piperazine rings is 1. The molecule has 2 unspecified atom stereocenters. The molecule has 8 heteroatoms. The third-order valence-electron chi connectivity index (χ3n) is 5.27. The summed E-state index contributed by atoms with van der Waals surface area (Å²) in [4.78, 5) is 21.5. The normalized spacial score (nSPS) is 22.5. The van der Waals surface area contributed by atoms with Crippen LogP contribution in [0.3, 0.4) is 0 Å². The largest absolute Gasteiger partial charge is 0.493 e. The molecule has 3 heterocycles. The first-order chi connectivity index (χ1) is 13.3. The van der Waals surface area contributed by atoms with Gasteiger partial charge < -0.3 is 18.8 Å². The van der Waals surface area contributed by atoms with Crippen molar-refractivity contribution in [3.05, 3.63) is 16.6 Å². The highest BCUT2D eigenvalue weighted by Crippen LogP contribution is 2.37. The number of benzene rings is 1. The third kappa shape index (κ3) is 3.54. The molecule has 28 heavy (non-hydrogen) atoms. The molecule has 0 radical (unpaired) electrons. The van der Waals surface area contributed by atoms with Gasteiger partial charge in [-0.15, -0.1) is 0 Å². The maximum atomic E-state index is 12.8. The number of halogens is 1. The molecule has 2 aromatic rings. The SMILES string of the molecule is COc1ccc(Br)c2nc(N3CC4CCCC(C3)N4C(=O)OC(C)(C)C)oc12. The summed E-state index contributed by atoms with van der Waals surface area (Å²) in [6, 6.07) is 4.53. The van der Waals surface area contributed by atoms with Crippen molar-refractivity contribution in [2.75, 3.05) is 25.1 Å². The summed E-state index contributed by atoms with van der Waals surface area (Å²) in [5.41, 5.74) is 0.881. The van der Waals surface area contributed by atoms with Gasteiger partial charge in [0.15, 0.2) is 11.3 Å². The van der Waals surface area contributed by atoms with E-state index < -0.39 is 5.60 Å². The number of carbonyl (C=O) groups excluding carboxylic acids is 1. The van der Waals surface area contributed by atoms with Crippen molar-refractivity contribution in [2.45, 2.75) is 57.7 Å². The van der Waals surface area contributed by atoms with Crippen molar-refractivity contribution in [3.8, 4) is 5.75 Å². The topological polar surface area (TPSA) is 68.0 Å². The number of anilines is 1. The molecule has 4 rings (SSSR count). The molecular formula is C20H26BrN3O4. The lowest BCUT2D eigenvalue weighted by molar-refractivity contribution is -0.0102. The van der Waals surface area contributed by atoms with Crippen LogP contribution in [0.1, 0.15) is 40.0 Å². The van der Waals surface area contributed by atoms with Gasteiger partial charge in [-0.3, -0.25) is 4.90 Å². The molecule has 2 bridgehead atoms. The standard InChI is InChI=1S/C20H26BrN3O4/c1-20(2,3)28-19(25)24-12-6-5-7-13(24)11-23(10-12)18-22-16-14(21)8-9-15(26-4)17(16)27-18/h8-9,12-13H,5-7,10-11H2,1-4H3. The minimum absolute atomic E-state index is 0.0997. The van der Waals surface area contributed by atoms with Crippen molar-refractivity contribution >= 4 is 39.1 Å². The Morgan fingerprint density at radius 3 is 2.54 bits per heavy atom. The smallest absolute Gasteiger partial charge is 0.410 e. The molecule has 2 aliphatic rings. The third-order valence-corrected chi connectivity index (χ3v) is 5.91. The predicted molar refractivity (Wildman–Crippen MR) is 110 cm³/mol. The number of oxazole rings is 1. The lowest BCUT2D eigenvalue weighted by Crippen LogP contribution is -2.63. The zero-order chi connectivity index (χ0) is 20.1. The number of aromatic nitrogens is 1. The van der Waals surface area contributed by atoms with Crippen molar-refractivity contribution in [1.82, 2.24) is 9.88 Å². The molecular weight excluding hydrogens is 426 g/mol. The highest BCUT2D eigenvalue weighted by molar-refractivity contribution is 9.10. The summed E-state index contributed by atoms with van der Waals surface area (Å²) >= 11 is 3.54. The molecule has 2 atom stereocenters. The van der Waals surface area contributed by atoms with Crippen LogP contribution in [-0.2, 0) is 4.74 Å². The van der Waals surface area contributed by atoms with E-state index in [0.717, 1.165) is 29.3 Å². The summed E-state index contributed by atoms with van der Waals surface area (Å²) < 4.78 is 18.0. The number of rotatable bonds is 2. The van der Waals surface area contributed by atoms with Crippen LogP contribution in [0.4, 0.5) is 10.8 Å². The minimum atomic E-state index is -0.494. The summed E-state index contributed by atoms with van der Waals surface area (Å²) in [6.45, 7) is 7.08. The Kier molecular flexibility index (Phi) is 4.93. The van der Waals surface area contributed by atoms with Gasteiger partial charge in [0.05, 0.1) is 19.2 Å². The fourth-order valence-electron chi connectivity index (χ4n) is 4.11. The number of nitrogens with zero attached hydrogens (tertiary/aromatic N) is 3. The van der Waals surface area contributed by atoms with Gasteiger partial charge in [0.2, 0.25) is 0 Å². The van der Waals surface area contributed by atoms with Gasteiger partial charge in [-0.2, -0.15) is 4.98 Å². The van der Waals surface area contributed by atoms with E-state index in [1.54, 1.807) is 7.11 Å². The Morgan fingerprint density at radius 2 is 1.93 bits per heavy atom. The second-order valence-electron chi connectivity index (χ2n) is 8.45. The Hall–Kier alpha value is -1.96. The van der Waals surface area contributed by atoms with Crippen LogP contribution < -0.4 is 9.64 Å². The van der Waals surface area contributed by atoms with E-state index in [9.17, 15) is 4.79 Å². The van der Waals surface area contributed by atoms with E-state index >= 15 is 0 Å². The van der Waals surface area contributed by atoms with Gasteiger partial charge in [0.1, 0.15) is 11.1 Å². The van der Waals surface area contributed by atoms with Crippen molar-refractivity contribution < 1.29 is 18.7 Å². The second kappa shape index (κ2) is 7.13. The van der Waals surface area contributed by atoms with E-state index in [0.29, 0.717) is 30.4 Å². The van der Waals surface area contributed by atoms with E-state index in [2.05, 4.69) is 20.8 Å². The van der Waals surface area contributed by atoms with Crippen LogP contribution in [-0.4, -0.2) is 53.9 Å². The predicted octanol–water partition coefficient (Wildman–Crippen LogP) is 4.58. The molecule has 7 nitrogen and oxygen atoms in total. The molecule has 0 spiro atoms. The molecule has 152 valence electrons. The van der Waals surface area contributed by atoms with Crippen LogP contribution in [0.2, 0.25) is 0 Å². The Labute approximate surface area is 173 Å². The average Bonchev–Trinajstić information content (AvgIpc) is 3.06. The molecule has 1 aromatic carbocycles. The summed E-state index contributed by atoms with van der Waals surface area (Å²) in [7, 11) is 1.62. The zero-order valence-corrected chi connectivity index (χ0v) is 18.3. The van der Waals surface area contributed by atoms with E-state index in [-0.39, 0.29) is 18.2 Å². The molecule has 2 saturated heterocycles. The molecule has 1 aromatic heterocycles. The van der Waals surface area contributed by atoms with Crippen molar-refractivity contribution in [2.24, 2.45) is 0 Å². The number of hydrogen-bond acceptors (Lipinski definition) is 6. The Morgan fingerprint density at radius 1 is 1.25 bits per heavy atom. The van der Waals surface area contributed by atoms with Crippen LogP contribution >= 0.6 is 15.9 Å². The first-order valence-corrected chi connectivity index (χ1v) is 10.5. The van der Waals surface area contributed by atoms with Gasteiger partial charge in [0.25, 0.3) is 6.01 Å². The molecule has 2 aliphatic heterocycles. The minimum Gasteiger partial charge on any atom is -0.493 e. The zero-order valence-electron chi connectivity index (χ0n) is 16.7. The van der Waals surface area contributed by atoms with Crippen molar-refractivity contribution in [3.63, 3.8) is 0 Å². The second-order valence-corrected chi connectivity index (χ2v) is 9.31. The maximum absolute atomic E-state index is 12.8. The number of hydrogen-bond donors (Lipinski definition) is 0. The van der Waals surface area contributed by atoms with Gasteiger partial charge in [0, 0.05) is 17.6 Å². The van der Waals surface area contributed by atoms with E-state index in [4.69, 9.17) is 18.9 Å².